The van der Waals surface area contributed by atoms with Gasteiger partial charge in [-0.1, -0.05) is 11.6 Å². The number of aromatic nitrogens is 5. The average molecular weight is 331 g/mol. The van der Waals surface area contributed by atoms with Crippen LogP contribution >= 0.6 is 11.6 Å². The number of rotatable bonds is 1. The van der Waals surface area contributed by atoms with Crippen LogP contribution in [0.2, 0.25) is 5.02 Å². The Kier molecular flexibility index (Phi) is 3.12. The molecule has 1 atom stereocenters. The monoisotopic (exact) mass is 330 g/mol. The Labute approximate surface area is 137 Å². The van der Waals surface area contributed by atoms with Gasteiger partial charge in [0.1, 0.15) is 5.82 Å². The van der Waals surface area contributed by atoms with E-state index in [1.165, 1.54) is 0 Å². The minimum Gasteiger partial charge on any atom is -0.325 e. The molecular formula is C15H15ClN6O. The first-order valence-electron chi connectivity index (χ1n) is 7.40. The van der Waals surface area contributed by atoms with Gasteiger partial charge in [0.05, 0.1) is 16.6 Å². The molecule has 0 spiro atoms. The Morgan fingerprint density at radius 2 is 2.13 bits per heavy atom. The van der Waals surface area contributed by atoms with E-state index in [1.807, 2.05) is 19.9 Å². The fourth-order valence-corrected chi connectivity index (χ4v) is 3.17. The van der Waals surface area contributed by atoms with Crippen molar-refractivity contribution in [3.05, 3.63) is 46.8 Å². The first kappa shape index (κ1) is 14.2. The summed E-state index contributed by atoms with van der Waals surface area (Å²) < 4.78 is 3.68. The number of aryl methyl sites for hydroxylation is 1. The molecule has 4 heterocycles. The van der Waals surface area contributed by atoms with Gasteiger partial charge in [0.25, 0.3) is 5.91 Å². The summed E-state index contributed by atoms with van der Waals surface area (Å²) in [7, 11) is 0. The molecule has 0 N–H and O–H groups in total. The Bertz CT molecular complexity index is 914. The summed E-state index contributed by atoms with van der Waals surface area (Å²) in [5, 5.41) is 13.2. The van der Waals surface area contributed by atoms with Crippen molar-refractivity contribution in [1.82, 2.24) is 29.3 Å². The molecular weight excluding hydrogens is 316 g/mol. The van der Waals surface area contributed by atoms with Gasteiger partial charge < -0.3 is 9.47 Å². The van der Waals surface area contributed by atoms with E-state index in [2.05, 4.69) is 19.9 Å². The molecule has 7 nitrogen and oxygen atoms in total. The maximum Gasteiger partial charge on any atom is 0.275 e. The molecule has 3 aromatic heterocycles. The van der Waals surface area contributed by atoms with Crippen molar-refractivity contribution in [2.75, 3.05) is 6.54 Å². The number of carbonyl (C=O) groups is 1. The third kappa shape index (κ3) is 2.19. The smallest absolute Gasteiger partial charge is 0.275 e. The number of nitrogens with zero attached hydrogens (tertiary/aromatic N) is 6. The van der Waals surface area contributed by atoms with Gasteiger partial charge in [-0.3, -0.25) is 4.79 Å². The summed E-state index contributed by atoms with van der Waals surface area (Å²) in [6.45, 7) is 5.19. The lowest BCUT2D eigenvalue weighted by Crippen LogP contribution is -2.41. The van der Waals surface area contributed by atoms with E-state index in [0.717, 1.165) is 17.2 Å². The molecule has 3 aromatic rings. The number of hydrogen-bond donors (Lipinski definition) is 0. The lowest BCUT2D eigenvalue weighted by Gasteiger charge is -2.33. The number of hydrogen-bond acceptors (Lipinski definition) is 4. The van der Waals surface area contributed by atoms with E-state index < -0.39 is 0 Å². The Morgan fingerprint density at radius 1 is 1.30 bits per heavy atom. The molecule has 0 saturated carbocycles. The molecule has 1 unspecified atom stereocenters. The molecule has 0 aromatic carbocycles. The van der Waals surface area contributed by atoms with Gasteiger partial charge in [0.2, 0.25) is 0 Å². The Balaban J connectivity index is 1.68. The SMILES string of the molecule is Cc1nnc2n1CCN(C(=O)c1cc3ccc(Cl)cn3n1)C2C. The number of fused-ring (bicyclic) bond motifs is 2. The van der Waals surface area contributed by atoms with Gasteiger partial charge in [-0.2, -0.15) is 5.10 Å². The highest BCUT2D eigenvalue weighted by molar-refractivity contribution is 6.30. The lowest BCUT2D eigenvalue weighted by atomic mass is 10.2. The van der Waals surface area contributed by atoms with Crippen molar-refractivity contribution in [1.29, 1.82) is 0 Å². The third-order valence-electron chi connectivity index (χ3n) is 4.27. The van der Waals surface area contributed by atoms with Gasteiger partial charge in [-0.05, 0) is 32.0 Å². The van der Waals surface area contributed by atoms with Crippen molar-refractivity contribution < 1.29 is 4.79 Å². The first-order valence-corrected chi connectivity index (χ1v) is 7.78. The molecule has 0 bridgehead atoms. The molecule has 4 rings (SSSR count). The number of halogens is 1. The van der Waals surface area contributed by atoms with Crippen molar-refractivity contribution >= 4 is 23.0 Å². The summed E-state index contributed by atoms with van der Waals surface area (Å²) in [6.07, 6.45) is 1.69. The Hall–Kier alpha value is -2.41. The van der Waals surface area contributed by atoms with Crippen LogP contribution in [0, 0.1) is 6.92 Å². The molecule has 118 valence electrons. The van der Waals surface area contributed by atoms with E-state index in [1.54, 1.807) is 27.7 Å². The fourth-order valence-electron chi connectivity index (χ4n) is 3.01. The molecule has 0 fully saturated rings. The van der Waals surface area contributed by atoms with Gasteiger partial charge >= 0.3 is 0 Å². The summed E-state index contributed by atoms with van der Waals surface area (Å²) in [6, 6.07) is 5.26. The zero-order chi connectivity index (χ0) is 16.1. The predicted molar refractivity (Wildman–Crippen MR) is 84.4 cm³/mol. The van der Waals surface area contributed by atoms with Crippen molar-refractivity contribution in [3.8, 4) is 0 Å². The van der Waals surface area contributed by atoms with Crippen LogP contribution in [-0.2, 0) is 6.54 Å². The summed E-state index contributed by atoms with van der Waals surface area (Å²) >= 11 is 5.96. The molecule has 23 heavy (non-hydrogen) atoms. The minimum atomic E-state index is -0.133. The Morgan fingerprint density at radius 3 is 2.96 bits per heavy atom. The van der Waals surface area contributed by atoms with Gasteiger partial charge in [0.15, 0.2) is 11.5 Å². The molecule has 0 radical (unpaired) electrons. The standard InChI is InChI=1S/C15H15ClN6O/c1-9-14-18-17-10(2)21(14)6-5-20(9)15(23)13-7-12-4-3-11(16)8-22(12)19-13/h3-4,7-9H,5-6H2,1-2H3. The second-order valence-electron chi connectivity index (χ2n) is 5.68. The highest BCUT2D eigenvalue weighted by atomic mass is 35.5. The van der Waals surface area contributed by atoms with Crippen LogP contribution in [0.15, 0.2) is 24.4 Å². The van der Waals surface area contributed by atoms with E-state index in [0.29, 0.717) is 23.8 Å². The fraction of sp³-hybridized carbons (Fsp3) is 0.333. The van der Waals surface area contributed by atoms with Crippen LogP contribution in [-0.4, -0.2) is 41.7 Å². The summed E-state index contributed by atoms with van der Waals surface area (Å²) in [5.74, 6) is 1.58. The van der Waals surface area contributed by atoms with Crippen molar-refractivity contribution in [2.24, 2.45) is 0 Å². The summed E-state index contributed by atoms with van der Waals surface area (Å²) in [4.78, 5) is 14.6. The third-order valence-corrected chi connectivity index (χ3v) is 4.50. The van der Waals surface area contributed by atoms with Crippen LogP contribution in [0.4, 0.5) is 0 Å². The molecule has 1 aliphatic heterocycles. The van der Waals surface area contributed by atoms with Crippen LogP contribution in [0.3, 0.4) is 0 Å². The second-order valence-corrected chi connectivity index (χ2v) is 6.11. The first-order chi connectivity index (χ1) is 11.0. The predicted octanol–water partition coefficient (Wildman–Crippen LogP) is 2.10. The molecule has 8 heteroatoms. The molecule has 0 saturated heterocycles. The lowest BCUT2D eigenvalue weighted by molar-refractivity contribution is 0.0630. The second kappa shape index (κ2) is 5.06. The number of pyridine rings is 1. The minimum absolute atomic E-state index is 0.107. The largest absolute Gasteiger partial charge is 0.325 e. The van der Waals surface area contributed by atoms with E-state index in [9.17, 15) is 4.79 Å². The molecule has 0 aliphatic carbocycles. The van der Waals surface area contributed by atoms with Crippen LogP contribution in [0.1, 0.15) is 35.1 Å². The molecule has 1 amide bonds. The number of amides is 1. The zero-order valence-electron chi connectivity index (χ0n) is 12.8. The highest BCUT2D eigenvalue weighted by Crippen LogP contribution is 2.26. The van der Waals surface area contributed by atoms with Gasteiger partial charge in [-0.25, -0.2) is 4.52 Å². The topological polar surface area (TPSA) is 68.3 Å². The maximum absolute atomic E-state index is 12.8. The molecule has 1 aliphatic rings. The normalized spacial score (nSPS) is 17.5. The number of carbonyl (C=O) groups excluding carboxylic acids is 1. The van der Waals surface area contributed by atoms with Gasteiger partial charge in [0, 0.05) is 19.3 Å². The maximum atomic E-state index is 12.8. The quantitative estimate of drug-likeness (QED) is 0.685. The average Bonchev–Trinajstić information content (AvgIpc) is 3.11. The van der Waals surface area contributed by atoms with Crippen LogP contribution < -0.4 is 0 Å². The van der Waals surface area contributed by atoms with Crippen molar-refractivity contribution in [3.63, 3.8) is 0 Å². The van der Waals surface area contributed by atoms with E-state index >= 15 is 0 Å². The van der Waals surface area contributed by atoms with Crippen molar-refractivity contribution in [2.45, 2.75) is 26.4 Å². The van der Waals surface area contributed by atoms with Crippen LogP contribution in [0.25, 0.3) is 5.52 Å². The highest BCUT2D eigenvalue weighted by Gasteiger charge is 2.32. The summed E-state index contributed by atoms with van der Waals surface area (Å²) in [5.41, 5.74) is 1.24. The van der Waals surface area contributed by atoms with E-state index in [-0.39, 0.29) is 11.9 Å². The van der Waals surface area contributed by atoms with Gasteiger partial charge in [-0.15, -0.1) is 10.2 Å². The zero-order valence-corrected chi connectivity index (χ0v) is 13.5. The van der Waals surface area contributed by atoms with E-state index in [4.69, 9.17) is 11.6 Å². The van der Waals surface area contributed by atoms with Crippen LogP contribution in [0.5, 0.6) is 0 Å².